The van der Waals surface area contributed by atoms with Crippen LogP contribution in [0.4, 0.5) is 18.0 Å². The molecule has 0 radical (unpaired) electrons. The van der Waals surface area contributed by atoms with Gasteiger partial charge in [0.15, 0.2) is 0 Å². The van der Waals surface area contributed by atoms with Crippen molar-refractivity contribution in [1.82, 2.24) is 10.2 Å². The molecule has 5 nitrogen and oxygen atoms in total. The second kappa shape index (κ2) is 6.66. The third kappa shape index (κ3) is 4.28. The highest BCUT2D eigenvalue weighted by molar-refractivity contribution is 6.31. The molecule has 0 aliphatic carbocycles. The molecule has 1 fully saturated rings. The first-order valence-corrected chi connectivity index (χ1v) is 7.25. The van der Waals surface area contributed by atoms with E-state index in [1.54, 1.807) is 0 Å². The molecule has 1 saturated heterocycles. The van der Waals surface area contributed by atoms with Crippen LogP contribution >= 0.6 is 11.6 Å². The smallest absolute Gasteiger partial charge is 0.352 e. The summed E-state index contributed by atoms with van der Waals surface area (Å²) in [4.78, 5) is 24.5. The van der Waals surface area contributed by atoms with Gasteiger partial charge in [0, 0.05) is 25.2 Å². The molecule has 1 unspecified atom stereocenters. The lowest BCUT2D eigenvalue weighted by atomic mass is 10.1. The summed E-state index contributed by atoms with van der Waals surface area (Å²) in [7, 11) is 0. The van der Waals surface area contributed by atoms with Crippen LogP contribution in [0.3, 0.4) is 0 Å². The number of carbonyl (C=O) groups excluding carboxylic acids is 2. The van der Waals surface area contributed by atoms with Crippen LogP contribution in [0.1, 0.15) is 22.3 Å². The Hall–Kier alpha value is -1.96. The minimum atomic E-state index is -4.62. The summed E-state index contributed by atoms with van der Waals surface area (Å²) in [6, 6.07) is 2.48. The largest absolute Gasteiger partial charge is 0.417 e. The first-order chi connectivity index (χ1) is 10.7. The molecule has 0 bridgehead atoms. The van der Waals surface area contributed by atoms with Crippen molar-refractivity contribution in [1.29, 1.82) is 0 Å². The van der Waals surface area contributed by atoms with Gasteiger partial charge in [-0.25, -0.2) is 4.79 Å². The Bertz CT molecular complexity index is 622. The highest BCUT2D eigenvalue weighted by Gasteiger charge is 2.34. The van der Waals surface area contributed by atoms with Crippen LogP contribution in [-0.4, -0.2) is 36.5 Å². The summed E-state index contributed by atoms with van der Waals surface area (Å²) in [5, 5.41) is 2.11. The summed E-state index contributed by atoms with van der Waals surface area (Å²) >= 11 is 5.51. The lowest BCUT2D eigenvalue weighted by Crippen LogP contribution is -2.35. The number of nitrogens with zero attached hydrogens (tertiary/aromatic N) is 1. The molecule has 2 rings (SSSR count). The van der Waals surface area contributed by atoms with E-state index in [9.17, 15) is 22.8 Å². The van der Waals surface area contributed by atoms with Gasteiger partial charge in [0.2, 0.25) is 0 Å². The molecule has 1 atom stereocenters. The number of amides is 3. The molecular weight excluding hydrogens is 335 g/mol. The van der Waals surface area contributed by atoms with E-state index in [0.717, 1.165) is 12.1 Å². The second-order valence-electron chi connectivity index (χ2n) is 5.34. The molecule has 1 heterocycles. The molecule has 0 saturated carbocycles. The van der Waals surface area contributed by atoms with Gasteiger partial charge in [-0.1, -0.05) is 11.6 Å². The van der Waals surface area contributed by atoms with E-state index in [1.807, 2.05) is 0 Å². The van der Waals surface area contributed by atoms with Gasteiger partial charge in [0.05, 0.1) is 10.6 Å². The average molecular weight is 350 g/mol. The number of benzene rings is 1. The fraction of sp³-hybridized carbons (Fsp3) is 0.429. The van der Waals surface area contributed by atoms with E-state index in [0.29, 0.717) is 19.5 Å². The molecule has 0 aromatic heterocycles. The molecule has 1 aliphatic heterocycles. The monoisotopic (exact) mass is 349 g/mol. The fourth-order valence-corrected chi connectivity index (χ4v) is 2.65. The summed E-state index contributed by atoms with van der Waals surface area (Å²) in [6.07, 6.45) is -3.95. The van der Waals surface area contributed by atoms with Gasteiger partial charge in [-0.2, -0.15) is 13.2 Å². The third-order valence-corrected chi connectivity index (χ3v) is 4.01. The number of urea groups is 1. The van der Waals surface area contributed by atoms with Crippen molar-refractivity contribution < 1.29 is 22.8 Å². The number of primary amides is 1. The molecular formula is C14H15ClF3N3O2. The van der Waals surface area contributed by atoms with Crippen LogP contribution in [0.25, 0.3) is 0 Å². The SMILES string of the molecule is NC(=O)N1CCC(CNC(=O)c2ccc(Cl)c(C(F)(F)F)c2)C1. The quantitative estimate of drug-likeness (QED) is 0.879. The third-order valence-electron chi connectivity index (χ3n) is 3.68. The number of nitrogens with one attached hydrogen (secondary N) is 1. The Labute approximate surface area is 135 Å². The van der Waals surface area contributed by atoms with Crippen LogP contribution in [-0.2, 0) is 6.18 Å². The Kier molecular flexibility index (Phi) is 5.03. The van der Waals surface area contributed by atoms with Gasteiger partial charge >= 0.3 is 12.2 Å². The molecule has 1 aromatic rings. The Morgan fingerprint density at radius 1 is 1.39 bits per heavy atom. The highest BCUT2D eigenvalue weighted by Crippen LogP contribution is 2.35. The fourth-order valence-electron chi connectivity index (χ4n) is 2.42. The van der Waals surface area contributed by atoms with Gasteiger partial charge < -0.3 is 16.0 Å². The first-order valence-electron chi connectivity index (χ1n) is 6.88. The van der Waals surface area contributed by atoms with Gasteiger partial charge in [-0.3, -0.25) is 4.79 Å². The lowest BCUT2D eigenvalue weighted by Gasteiger charge is -2.14. The Balaban J connectivity index is 1.98. The van der Waals surface area contributed by atoms with Crippen molar-refractivity contribution in [2.24, 2.45) is 11.7 Å². The minimum absolute atomic E-state index is 0.0286. The van der Waals surface area contributed by atoms with E-state index < -0.39 is 28.7 Å². The van der Waals surface area contributed by atoms with E-state index in [4.69, 9.17) is 17.3 Å². The first kappa shape index (κ1) is 17.4. The average Bonchev–Trinajstić information content (AvgIpc) is 2.93. The lowest BCUT2D eigenvalue weighted by molar-refractivity contribution is -0.137. The molecule has 9 heteroatoms. The van der Waals surface area contributed by atoms with Crippen molar-refractivity contribution in [2.75, 3.05) is 19.6 Å². The van der Waals surface area contributed by atoms with Crippen molar-refractivity contribution in [2.45, 2.75) is 12.6 Å². The maximum absolute atomic E-state index is 12.8. The summed E-state index contributed by atoms with van der Waals surface area (Å²) in [6.45, 7) is 1.19. The van der Waals surface area contributed by atoms with Gasteiger partial charge in [-0.15, -0.1) is 0 Å². The van der Waals surface area contributed by atoms with E-state index in [-0.39, 0.29) is 18.0 Å². The number of hydrogen-bond donors (Lipinski definition) is 2. The van der Waals surface area contributed by atoms with Crippen LogP contribution in [0.15, 0.2) is 18.2 Å². The number of rotatable bonds is 3. The topological polar surface area (TPSA) is 75.4 Å². The summed E-state index contributed by atoms with van der Waals surface area (Å²) in [5.41, 5.74) is 3.99. The van der Waals surface area contributed by atoms with Crippen molar-refractivity contribution in [3.05, 3.63) is 34.3 Å². The second-order valence-corrected chi connectivity index (χ2v) is 5.75. The Morgan fingerprint density at radius 2 is 2.09 bits per heavy atom. The number of halogens is 4. The molecule has 0 spiro atoms. The van der Waals surface area contributed by atoms with Crippen LogP contribution in [0.2, 0.25) is 5.02 Å². The molecule has 1 aliphatic rings. The van der Waals surface area contributed by atoms with Crippen LogP contribution in [0.5, 0.6) is 0 Å². The minimum Gasteiger partial charge on any atom is -0.352 e. The standard InChI is InChI=1S/C14H15ClF3N3O2/c15-11-2-1-9(5-10(11)14(16,17)18)12(22)20-6-8-3-4-21(7-8)13(19)23/h1-2,5,8H,3-4,6-7H2,(H2,19,23)(H,20,22). The van der Waals surface area contributed by atoms with Gasteiger partial charge in [-0.05, 0) is 30.5 Å². The highest BCUT2D eigenvalue weighted by atomic mass is 35.5. The van der Waals surface area contributed by atoms with Crippen LogP contribution in [0, 0.1) is 5.92 Å². The van der Waals surface area contributed by atoms with E-state index in [2.05, 4.69) is 5.32 Å². The van der Waals surface area contributed by atoms with E-state index in [1.165, 1.54) is 11.0 Å². The van der Waals surface area contributed by atoms with Crippen molar-refractivity contribution in [3.63, 3.8) is 0 Å². The number of alkyl halides is 3. The number of carbonyl (C=O) groups is 2. The van der Waals surface area contributed by atoms with E-state index >= 15 is 0 Å². The van der Waals surface area contributed by atoms with Crippen LogP contribution < -0.4 is 11.1 Å². The summed E-state index contributed by atoms with van der Waals surface area (Å²) < 4.78 is 38.3. The van der Waals surface area contributed by atoms with Crippen molar-refractivity contribution >= 4 is 23.5 Å². The zero-order chi connectivity index (χ0) is 17.2. The van der Waals surface area contributed by atoms with Gasteiger partial charge in [0.1, 0.15) is 0 Å². The zero-order valence-corrected chi connectivity index (χ0v) is 12.7. The summed E-state index contributed by atoms with van der Waals surface area (Å²) in [5.74, 6) is -0.592. The Morgan fingerprint density at radius 3 is 2.65 bits per heavy atom. The molecule has 23 heavy (non-hydrogen) atoms. The predicted octanol–water partition coefficient (Wildman–Crippen LogP) is 2.49. The maximum Gasteiger partial charge on any atom is 0.417 e. The number of likely N-dealkylation sites (tertiary alicyclic amines) is 1. The molecule has 126 valence electrons. The molecule has 3 amide bonds. The number of hydrogen-bond acceptors (Lipinski definition) is 2. The van der Waals surface area contributed by atoms with Gasteiger partial charge in [0.25, 0.3) is 5.91 Å². The molecule has 1 aromatic carbocycles. The molecule has 3 N–H and O–H groups in total. The zero-order valence-electron chi connectivity index (χ0n) is 12.0. The predicted molar refractivity (Wildman–Crippen MR) is 78.1 cm³/mol. The maximum atomic E-state index is 12.8. The van der Waals surface area contributed by atoms with Crippen molar-refractivity contribution in [3.8, 4) is 0 Å². The number of nitrogens with two attached hydrogens (primary N) is 1. The normalized spacial score (nSPS) is 18.1.